The van der Waals surface area contributed by atoms with E-state index in [-0.39, 0.29) is 5.91 Å². The third-order valence-corrected chi connectivity index (χ3v) is 7.24. The largest absolute Gasteiger partial charge is 0.372 e. The van der Waals surface area contributed by atoms with E-state index in [1.54, 1.807) is 0 Å². The lowest BCUT2D eigenvalue weighted by Gasteiger charge is -2.34. The van der Waals surface area contributed by atoms with Crippen LogP contribution in [-0.4, -0.2) is 68.1 Å². The standard InChI is InChI=1S/C25H40N4O/c1-21-18-23(29-14-6-7-15-29)8-9-24(21)26-25(30)20-28-16-10-22(11-17-28)19-27-12-4-2-3-5-13-27/h8-9,18,22H,2-7,10-17,19-20H2,1H3,(H,26,30). The van der Waals surface area contributed by atoms with Gasteiger partial charge in [-0.1, -0.05) is 12.8 Å². The van der Waals surface area contributed by atoms with Gasteiger partial charge in [-0.05, 0) is 101 Å². The quantitative estimate of drug-likeness (QED) is 0.763. The summed E-state index contributed by atoms with van der Waals surface area (Å²) in [5.41, 5.74) is 3.40. The van der Waals surface area contributed by atoms with Crippen molar-refractivity contribution in [3.63, 3.8) is 0 Å². The monoisotopic (exact) mass is 412 g/mol. The fraction of sp³-hybridized carbons (Fsp3) is 0.720. The van der Waals surface area contributed by atoms with Crippen LogP contribution in [0.2, 0.25) is 0 Å². The second-order valence-electron chi connectivity index (χ2n) is 9.68. The van der Waals surface area contributed by atoms with E-state index in [9.17, 15) is 4.79 Å². The molecule has 0 spiro atoms. The first kappa shape index (κ1) is 21.6. The van der Waals surface area contributed by atoms with Gasteiger partial charge >= 0.3 is 0 Å². The van der Waals surface area contributed by atoms with E-state index in [2.05, 4.69) is 45.1 Å². The zero-order chi connectivity index (χ0) is 20.8. The Labute approximate surface area is 182 Å². The highest BCUT2D eigenvalue weighted by molar-refractivity contribution is 5.93. The van der Waals surface area contributed by atoms with Crippen molar-refractivity contribution in [2.45, 2.75) is 58.3 Å². The molecule has 3 aliphatic rings. The Balaban J connectivity index is 1.20. The normalized spacial score (nSPS) is 22.2. The van der Waals surface area contributed by atoms with Crippen LogP contribution in [0.15, 0.2) is 18.2 Å². The van der Waals surface area contributed by atoms with Crippen LogP contribution in [0.25, 0.3) is 0 Å². The molecular weight excluding hydrogens is 372 g/mol. The van der Waals surface area contributed by atoms with Crippen LogP contribution in [-0.2, 0) is 4.79 Å². The molecule has 0 radical (unpaired) electrons. The maximum absolute atomic E-state index is 12.6. The summed E-state index contributed by atoms with van der Waals surface area (Å²) < 4.78 is 0. The topological polar surface area (TPSA) is 38.8 Å². The first-order valence-corrected chi connectivity index (χ1v) is 12.3. The summed E-state index contributed by atoms with van der Waals surface area (Å²) in [7, 11) is 0. The molecule has 1 aromatic carbocycles. The number of likely N-dealkylation sites (tertiary alicyclic amines) is 2. The van der Waals surface area contributed by atoms with Crippen LogP contribution in [0.1, 0.15) is 56.9 Å². The van der Waals surface area contributed by atoms with Gasteiger partial charge in [0.2, 0.25) is 5.91 Å². The van der Waals surface area contributed by atoms with E-state index in [4.69, 9.17) is 0 Å². The van der Waals surface area contributed by atoms with Gasteiger partial charge in [-0.2, -0.15) is 0 Å². The molecule has 0 saturated carbocycles. The maximum atomic E-state index is 12.6. The van der Waals surface area contributed by atoms with Crippen LogP contribution < -0.4 is 10.2 Å². The van der Waals surface area contributed by atoms with Crippen molar-refractivity contribution in [1.29, 1.82) is 0 Å². The van der Waals surface area contributed by atoms with Crippen molar-refractivity contribution in [3.05, 3.63) is 23.8 Å². The van der Waals surface area contributed by atoms with E-state index in [1.807, 2.05) is 0 Å². The van der Waals surface area contributed by atoms with E-state index in [0.29, 0.717) is 6.54 Å². The molecule has 1 amide bonds. The predicted molar refractivity (Wildman–Crippen MR) is 125 cm³/mol. The molecule has 3 heterocycles. The smallest absolute Gasteiger partial charge is 0.238 e. The molecule has 0 bridgehead atoms. The summed E-state index contributed by atoms with van der Waals surface area (Å²) >= 11 is 0. The fourth-order valence-corrected chi connectivity index (χ4v) is 5.36. The lowest BCUT2D eigenvalue weighted by atomic mass is 9.96. The highest BCUT2D eigenvalue weighted by atomic mass is 16.2. The summed E-state index contributed by atoms with van der Waals surface area (Å²) in [4.78, 5) is 20.1. The van der Waals surface area contributed by atoms with E-state index in [1.165, 1.54) is 76.7 Å². The number of hydrogen-bond donors (Lipinski definition) is 1. The summed E-state index contributed by atoms with van der Waals surface area (Å²) in [6, 6.07) is 6.45. The molecule has 0 aromatic heterocycles. The molecule has 5 nitrogen and oxygen atoms in total. The number of carbonyl (C=O) groups is 1. The molecule has 0 atom stereocenters. The Morgan fingerprint density at radius 3 is 2.23 bits per heavy atom. The molecule has 1 aromatic rings. The van der Waals surface area contributed by atoms with Crippen LogP contribution in [0.3, 0.4) is 0 Å². The average Bonchev–Trinajstić information content (AvgIpc) is 3.16. The second kappa shape index (κ2) is 10.6. The first-order chi connectivity index (χ1) is 14.7. The molecule has 1 N–H and O–H groups in total. The molecule has 3 aliphatic heterocycles. The lowest BCUT2D eigenvalue weighted by Crippen LogP contribution is -2.42. The lowest BCUT2D eigenvalue weighted by molar-refractivity contribution is -0.117. The predicted octanol–water partition coefficient (Wildman–Crippen LogP) is 4.12. The molecule has 30 heavy (non-hydrogen) atoms. The van der Waals surface area contributed by atoms with Crippen LogP contribution >= 0.6 is 0 Å². The maximum Gasteiger partial charge on any atom is 0.238 e. The Hall–Kier alpha value is -1.59. The van der Waals surface area contributed by atoms with Gasteiger partial charge in [-0.15, -0.1) is 0 Å². The van der Waals surface area contributed by atoms with Crippen LogP contribution in [0.4, 0.5) is 11.4 Å². The summed E-state index contributed by atoms with van der Waals surface area (Å²) in [6.07, 6.45) is 10.6. The number of rotatable bonds is 6. The van der Waals surface area contributed by atoms with Gasteiger partial charge < -0.3 is 15.1 Å². The molecule has 0 unspecified atom stereocenters. The number of hydrogen-bond acceptors (Lipinski definition) is 4. The van der Waals surface area contributed by atoms with E-state index < -0.39 is 0 Å². The third kappa shape index (κ3) is 5.98. The van der Waals surface area contributed by atoms with Gasteiger partial charge in [0, 0.05) is 31.0 Å². The number of nitrogens with zero attached hydrogens (tertiary/aromatic N) is 3. The number of nitrogens with one attached hydrogen (secondary N) is 1. The Morgan fingerprint density at radius 1 is 0.900 bits per heavy atom. The van der Waals surface area contributed by atoms with Crippen molar-refractivity contribution < 1.29 is 4.79 Å². The van der Waals surface area contributed by atoms with Crippen LogP contribution in [0, 0.1) is 12.8 Å². The Bertz CT molecular complexity index is 684. The van der Waals surface area contributed by atoms with Gasteiger partial charge in [0.15, 0.2) is 0 Å². The Kier molecular flexibility index (Phi) is 7.67. The number of aryl methyl sites for hydroxylation is 1. The highest BCUT2D eigenvalue weighted by Crippen LogP contribution is 2.26. The zero-order valence-electron chi connectivity index (χ0n) is 18.9. The number of carbonyl (C=O) groups excluding carboxylic acids is 1. The molecule has 3 saturated heterocycles. The fourth-order valence-electron chi connectivity index (χ4n) is 5.36. The Morgan fingerprint density at radius 2 is 1.57 bits per heavy atom. The zero-order valence-corrected chi connectivity index (χ0v) is 18.9. The van der Waals surface area contributed by atoms with Crippen molar-refractivity contribution in [1.82, 2.24) is 9.80 Å². The molecule has 5 heteroatoms. The molecular formula is C25H40N4O. The molecule has 0 aliphatic carbocycles. The van der Waals surface area contributed by atoms with E-state index >= 15 is 0 Å². The molecule has 3 fully saturated rings. The van der Waals surface area contributed by atoms with Gasteiger partial charge in [0.1, 0.15) is 0 Å². The minimum Gasteiger partial charge on any atom is -0.372 e. The number of anilines is 2. The SMILES string of the molecule is Cc1cc(N2CCCC2)ccc1NC(=O)CN1CCC(CN2CCCCCC2)CC1. The second-order valence-corrected chi connectivity index (χ2v) is 9.68. The summed E-state index contributed by atoms with van der Waals surface area (Å²) in [5.74, 6) is 0.931. The van der Waals surface area contributed by atoms with Crippen molar-refractivity contribution in [3.8, 4) is 0 Å². The van der Waals surface area contributed by atoms with Crippen LogP contribution in [0.5, 0.6) is 0 Å². The summed E-state index contributed by atoms with van der Waals surface area (Å²) in [6.45, 7) is 10.9. The summed E-state index contributed by atoms with van der Waals surface area (Å²) in [5, 5.41) is 3.15. The van der Waals surface area contributed by atoms with Gasteiger partial charge in [-0.3, -0.25) is 9.69 Å². The molecule has 166 valence electrons. The van der Waals surface area contributed by atoms with Gasteiger partial charge in [0.05, 0.1) is 6.54 Å². The van der Waals surface area contributed by atoms with Crippen molar-refractivity contribution in [2.75, 3.05) is 62.6 Å². The third-order valence-electron chi connectivity index (χ3n) is 7.24. The molecule has 4 rings (SSSR count). The number of piperidine rings is 1. The average molecular weight is 413 g/mol. The number of benzene rings is 1. The van der Waals surface area contributed by atoms with Crippen molar-refractivity contribution in [2.24, 2.45) is 5.92 Å². The first-order valence-electron chi connectivity index (χ1n) is 12.3. The highest BCUT2D eigenvalue weighted by Gasteiger charge is 2.23. The van der Waals surface area contributed by atoms with Crippen molar-refractivity contribution >= 4 is 17.3 Å². The minimum atomic E-state index is 0.123. The van der Waals surface area contributed by atoms with E-state index in [0.717, 1.165) is 43.3 Å². The van der Waals surface area contributed by atoms with Gasteiger partial charge in [0.25, 0.3) is 0 Å². The number of amides is 1. The minimum absolute atomic E-state index is 0.123. The van der Waals surface area contributed by atoms with Gasteiger partial charge in [-0.25, -0.2) is 0 Å².